The molecule has 6 aliphatic rings. The topological polar surface area (TPSA) is 43.4 Å². The number of rotatable bonds is 0. The van der Waals surface area contributed by atoms with Gasteiger partial charge in [0.2, 0.25) is 0 Å². The molecule has 1 saturated heterocycles. The van der Waals surface area contributed by atoms with E-state index in [-0.39, 0.29) is 28.3 Å². The highest BCUT2D eigenvalue weighted by molar-refractivity contribution is 5.86. The van der Waals surface area contributed by atoms with Crippen LogP contribution in [-0.4, -0.2) is 17.9 Å². The van der Waals surface area contributed by atoms with E-state index in [2.05, 4.69) is 34.6 Å². The summed E-state index contributed by atoms with van der Waals surface area (Å²) < 4.78 is 6.00. The third kappa shape index (κ3) is 1.86. The summed E-state index contributed by atoms with van der Waals surface area (Å²) in [4.78, 5) is 25.0. The van der Waals surface area contributed by atoms with Crippen LogP contribution in [0.25, 0.3) is 0 Å². The number of Topliss-reactive ketones (excluding diaryl/α,β-unsaturated/α-hetero) is 1. The monoisotopic (exact) mass is 398 g/mol. The predicted molar refractivity (Wildman–Crippen MR) is 111 cm³/mol. The molecule has 0 aromatic carbocycles. The lowest BCUT2D eigenvalue weighted by molar-refractivity contribution is -0.168. The molecule has 1 aliphatic heterocycles. The van der Waals surface area contributed by atoms with Crippen molar-refractivity contribution >= 4 is 11.8 Å². The van der Waals surface area contributed by atoms with Crippen molar-refractivity contribution in [3.05, 3.63) is 0 Å². The van der Waals surface area contributed by atoms with E-state index in [1.54, 1.807) is 0 Å². The van der Waals surface area contributed by atoms with Crippen LogP contribution in [0.3, 0.4) is 0 Å². The second-order valence-corrected chi connectivity index (χ2v) is 13.1. The van der Waals surface area contributed by atoms with Gasteiger partial charge >= 0.3 is 5.97 Å². The van der Waals surface area contributed by atoms with E-state index in [0.29, 0.717) is 40.8 Å². The molecule has 0 aromatic rings. The van der Waals surface area contributed by atoms with Crippen molar-refractivity contribution in [3.63, 3.8) is 0 Å². The van der Waals surface area contributed by atoms with Crippen LogP contribution >= 0.6 is 0 Å². The standard InChI is InChI=1S/C26H38O3/c1-15-12-20(28)29-16-13-24(5)18-7-6-17-22(2,3)19(27)8-9-25(17)14-26(18,25)11-10-23(24,4)21(15)16/h15-18,21H,6-14H2,1-5H3/t15-,16-,17-,18+,21-,23-,24+,25+,26-/m1/s1. The highest BCUT2D eigenvalue weighted by Crippen LogP contribution is 2.89. The summed E-state index contributed by atoms with van der Waals surface area (Å²) in [6.45, 7) is 11.9. The molecule has 0 radical (unpaired) electrons. The SMILES string of the molecule is C[C@@H]1CC(=O)O[C@@H]2C[C@@]3(C)[C@@H]4CC[C@@H]5C(C)(C)C(=O)CC[C@]56C[C@]46CC[C@]3(C)[C@H]12. The maximum atomic E-state index is 12.8. The maximum Gasteiger partial charge on any atom is 0.306 e. The first-order valence-electron chi connectivity index (χ1n) is 12.2. The van der Waals surface area contributed by atoms with Gasteiger partial charge in [0.15, 0.2) is 0 Å². The van der Waals surface area contributed by atoms with E-state index in [4.69, 9.17) is 4.74 Å². The Labute approximate surface area is 175 Å². The number of hydrogen-bond donors (Lipinski definition) is 0. The van der Waals surface area contributed by atoms with Crippen molar-refractivity contribution < 1.29 is 14.3 Å². The molecular formula is C26H38O3. The minimum absolute atomic E-state index is 0.0263. The van der Waals surface area contributed by atoms with E-state index in [9.17, 15) is 9.59 Å². The van der Waals surface area contributed by atoms with Crippen LogP contribution in [0.1, 0.15) is 92.4 Å². The molecule has 5 saturated carbocycles. The molecule has 0 amide bonds. The molecule has 9 atom stereocenters. The van der Waals surface area contributed by atoms with Crippen LogP contribution < -0.4 is 0 Å². The van der Waals surface area contributed by atoms with Crippen LogP contribution in [0, 0.1) is 50.7 Å². The van der Waals surface area contributed by atoms with Crippen molar-refractivity contribution in [1.29, 1.82) is 0 Å². The van der Waals surface area contributed by atoms with Crippen LogP contribution in [0.2, 0.25) is 0 Å². The van der Waals surface area contributed by atoms with Gasteiger partial charge in [-0.25, -0.2) is 0 Å². The zero-order chi connectivity index (χ0) is 20.6. The molecule has 160 valence electrons. The molecule has 0 unspecified atom stereocenters. The number of hydrogen-bond acceptors (Lipinski definition) is 3. The van der Waals surface area contributed by atoms with E-state index in [1.807, 2.05) is 0 Å². The molecule has 2 spiro atoms. The van der Waals surface area contributed by atoms with Crippen LogP contribution in [0.4, 0.5) is 0 Å². The van der Waals surface area contributed by atoms with E-state index in [1.165, 1.54) is 32.1 Å². The van der Waals surface area contributed by atoms with Crippen LogP contribution in [-0.2, 0) is 14.3 Å². The highest BCUT2D eigenvalue weighted by atomic mass is 16.5. The van der Waals surface area contributed by atoms with Crippen molar-refractivity contribution in [1.82, 2.24) is 0 Å². The van der Waals surface area contributed by atoms with Gasteiger partial charge in [0, 0.05) is 24.2 Å². The first-order valence-corrected chi connectivity index (χ1v) is 12.2. The molecule has 3 heteroatoms. The van der Waals surface area contributed by atoms with Crippen molar-refractivity contribution in [3.8, 4) is 0 Å². The minimum Gasteiger partial charge on any atom is -0.462 e. The summed E-state index contributed by atoms with van der Waals surface area (Å²) in [5, 5.41) is 0. The van der Waals surface area contributed by atoms with Gasteiger partial charge in [0.25, 0.3) is 0 Å². The zero-order valence-corrected chi connectivity index (χ0v) is 19.0. The fraction of sp³-hybridized carbons (Fsp3) is 0.923. The lowest BCUT2D eigenvalue weighted by atomic mass is 9.42. The molecule has 1 heterocycles. The Kier molecular flexibility index (Phi) is 3.34. The molecule has 6 rings (SSSR count). The summed E-state index contributed by atoms with van der Waals surface area (Å²) in [5.41, 5.74) is 1.29. The minimum atomic E-state index is -0.137. The summed E-state index contributed by atoms with van der Waals surface area (Å²) >= 11 is 0. The van der Waals surface area contributed by atoms with Gasteiger partial charge in [-0.2, -0.15) is 0 Å². The van der Waals surface area contributed by atoms with Gasteiger partial charge in [-0.05, 0) is 84.4 Å². The molecule has 0 aromatic heterocycles. The molecule has 3 nitrogen and oxygen atoms in total. The highest BCUT2D eigenvalue weighted by Gasteiger charge is 2.83. The van der Waals surface area contributed by atoms with Crippen molar-refractivity contribution in [2.45, 2.75) is 98.5 Å². The average molecular weight is 399 g/mol. The van der Waals surface area contributed by atoms with E-state index < -0.39 is 0 Å². The fourth-order valence-corrected chi connectivity index (χ4v) is 11.0. The zero-order valence-electron chi connectivity index (χ0n) is 19.0. The van der Waals surface area contributed by atoms with Crippen LogP contribution in [0.15, 0.2) is 0 Å². The molecule has 29 heavy (non-hydrogen) atoms. The lowest BCUT2D eigenvalue weighted by Crippen LogP contribution is -2.57. The van der Waals surface area contributed by atoms with E-state index >= 15 is 0 Å². The Balaban J connectivity index is 1.41. The van der Waals surface area contributed by atoms with Gasteiger partial charge in [0.1, 0.15) is 11.9 Å². The Morgan fingerprint density at radius 3 is 2.34 bits per heavy atom. The molecule has 0 bridgehead atoms. The summed E-state index contributed by atoms with van der Waals surface area (Å²) in [6, 6.07) is 0. The Hall–Kier alpha value is -0.860. The number of ketones is 1. The number of ether oxygens (including phenoxy) is 1. The third-order valence-electron chi connectivity index (χ3n) is 12.3. The Morgan fingerprint density at radius 1 is 0.897 bits per heavy atom. The second kappa shape index (κ2) is 5.13. The molecular weight excluding hydrogens is 360 g/mol. The largest absolute Gasteiger partial charge is 0.462 e. The van der Waals surface area contributed by atoms with Crippen LogP contribution in [0.5, 0.6) is 0 Å². The fourth-order valence-electron chi connectivity index (χ4n) is 11.0. The molecule has 5 aliphatic carbocycles. The van der Waals surface area contributed by atoms with Gasteiger partial charge in [-0.1, -0.05) is 34.6 Å². The Bertz CT molecular complexity index is 815. The lowest BCUT2D eigenvalue weighted by Gasteiger charge is -2.62. The molecule has 0 N–H and O–H groups in total. The normalized spacial score (nSPS) is 59.6. The quantitative estimate of drug-likeness (QED) is 0.502. The van der Waals surface area contributed by atoms with Gasteiger partial charge < -0.3 is 4.74 Å². The summed E-state index contributed by atoms with van der Waals surface area (Å²) in [7, 11) is 0. The average Bonchev–Trinajstić information content (AvgIpc) is 3.23. The van der Waals surface area contributed by atoms with Gasteiger partial charge in [-0.3, -0.25) is 9.59 Å². The maximum absolute atomic E-state index is 12.8. The van der Waals surface area contributed by atoms with Crippen molar-refractivity contribution in [2.75, 3.05) is 0 Å². The van der Waals surface area contributed by atoms with Gasteiger partial charge in [0.05, 0.1) is 0 Å². The van der Waals surface area contributed by atoms with Gasteiger partial charge in [-0.15, -0.1) is 0 Å². The number of esters is 1. The van der Waals surface area contributed by atoms with Crippen molar-refractivity contribution in [2.24, 2.45) is 50.7 Å². The smallest absolute Gasteiger partial charge is 0.306 e. The summed E-state index contributed by atoms with van der Waals surface area (Å²) in [6.07, 6.45) is 10.2. The predicted octanol–water partition coefficient (Wildman–Crippen LogP) is 5.56. The molecule has 6 fully saturated rings. The Morgan fingerprint density at radius 2 is 1.59 bits per heavy atom. The summed E-state index contributed by atoms with van der Waals surface area (Å²) in [5.74, 6) is 2.83. The first kappa shape index (κ1) is 18.9. The number of carbonyl (C=O) groups excluding carboxylic acids is 2. The third-order valence-corrected chi connectivity index (χ3v) is 12.3. The second-order valence-electron chi connectivity index (χ2n) is 13.1. The van der Waals surface area contributed by atoms with E-state index in [0.717, 1.165) is 25.2 Å². The first-order chi connectivity index (χ1) is 13.5. The number of carbonyl (C=O) groups is 2. The number of fused-ring (bicyclic) bond motifs is 4.